The number of rotatable bonds is 6. The van der Waals surface area contributed by atoms with Gasteiger partial charge in [0.1, 0.15) is 5.69 Å². The van der Waals surface area contributed by atoms with Gasteiger partial charge in [-0.3, -0.25) is 4.79 Å². The third-order valence-electron chi connectivity index (χ3n) is 4.63. The lowest BCUT2D eigenvalue weighted by Crippen LogP contribution is -2.35. The van der Waals surface area contributed by atoms with Gasteiger partial charge in [0, 0.05) is 45.4 Å². The van der Waals surface area contributed by atoms with E-state index in [1.165, 1.54) is 6.42 Å². The van der Waals surface area contributed by atoms with Gasteiger partial charge in [0.15, 0.2) is 5.58 Å². The molecule has 3 heterocycles. The normalized spacial score (nSPS) is 18.4. The molecule has 0 spiro atoms. The molecule has 1 saturated heterocycles. The van der Waals surface area contributed by atoms with Crippen LogP contribution in [0.2, 0.25) is 0 Å². The number of fused-ring (bicyclic) bond motifs is 1. The Balaban J connectivity index is 1.82. The minimum absolute atomic E-state index is 0.0269. The predicted octanol–water partition coefficient (Wildman–Crippen LogP) is 2.44. The zero-order valence-corrected chi connectivity index (χ0v) is 14.8. The number of hydrogen-bond donors (Lipinski definition) is 0. The second-order valence-electron chi connectivity index (χ2n) is 6.83. The van der Waals surface area contributed by atoms with Crippen LogP contribution in [0.15, 0.2) is 22.8 Å². The molecule has 0 radical (unpaired) electrons. The molecule has 1 fully saturated rings. The van der Waals surface area contributed by atoms with E-state index in [2.05, 4.69) is 9.47 Å². The maximum absolute atomic E-state index is 12.9. The number of carbonyl (C=O) groups excluding carboxylic acids is 1. The van der Waals surface area contributed by atoms with Crippen LogP contribution in [0.3, 0.4) is 0 Å². The summed E-state index contributed by atoms with van der Waals surface area (Å²) >= 11 is 0. The highest BCUT2D eigenvalue weighted by molar-refractivity contribution is 5.97. The smallest absolute Gasteiger partial charge is 0.270 e. The molecule has 1 aliphatic heterocycles. The number of ether oxygens (including phenoxy) is 1. The van der Waals surface area contributed by atoms with Gasteiger partial charge in [-0.15, -0.1) is 0 Å². The Bertz CT molecular complexity index is 683. The van der Waals surface area contributed by atoms with Gasteiger partial charge in [-0.2, -0.15) is 0 Å². The van der Waals surface area contributed by atoms with Crippen molar-refractivity contribution in [3.05, 3.63) is 24.1 Å². The monoisotopic (exact) mass is 333 g/mol. The molecule has 1 aliphatic rings. The maximum atomic E-state index is 12.9. The minimum atomic E-state index is 0.0269. The van der Waals surface area contributed by atoms with Crippen LogP contribution >= 0.6 is 0 Å². The SMILES string of the molecule is CN(C)CCN(C)C(=O)c1cc2occc2n1CC1CCCCO1. The van der Waals surface area contributed by atoms with Gasteiger partial charge in [-0.05, 0) is 33.4 Å². The maximum Gasteiger partial charge on any atom is 0.270 e. The van der Waals surface area contributed by atoms with E-state index in [0.29, 0.717) is 18.8 Å². The molecule has 2 aromatic heterocycles. The Labute approximate surface area is 142 Å². The number of likely N-dealkylation sites (N-methyl/N-ethyl adjacent to an activating group) is 2. The van der Waals surface area contributed by atoms with Crippen molar-refractivity contribution in [1.82, 2.24) is 14.4 Å². The Morgan fingerprint density at radius 3 is 2.83 bits per heavy atom. The quantitative estimate of drug-likeness (QED) is 0.815. The van der Waals surface area contributed by atoms with E-state index < -0.39 is 0 Å². The van der Waals surface area contributed by atoms with E-state index in [4.69, 9.17) is 9.15 Å². The molecule has 132 valence electrons. The van der Waals surface area contributed by atoms with E-state index in [9.17, 15) is 4.79 Å². The van der Waals surface area contributed by atoms with E-state index in [-0.39, 0.29) is 12.0 Å². The first-order chi connectivity index (χ1) is 11.6. The molecule has 2 aromatic rings. The Kier molecular flexibility index (Phi) is 5.26. The molecule has 6 heteroatoms. The molecular weight excluding hydrogens is 306 g/mol. The summed E-state index contributed by atoms with van der Waals surface area (Å²) in [5.74, 6) is 0.0269. The number of hydrogen-bond acceptors (Lipinski definition) is 4. The van der Waals surface area contributed by atoms with Gasteiger partial charge >= 0.3 is 0 Å². The summed E-state index contributed by atoms with van der Waals surface area (Å²) in [5.41, 5.74) is 2.41. The van der Waals surface area contributed by atoms with Crippen LogP contribution in [-0.4, -0.2) is 67.2 Å². The Hall–Kier alpha value is -1.79. The van der Waals surface area contributed by atoms with Crippen molar-refractivity contribution in [2.75, 3.05) is 40.8 Å². The van der Waals surface area contributed by atoms with Crippen LogP contribution in [0.1, 0.15) is 29.8 Å². The summed E-state index contributed by atoms with van der Waals surface area (Å²) < 4.78 is 13.4. The van der Waals surface area contributed by atoms with Crippen LogP contribution in [0, 0.1) is 0 Å². The fraction of sp³-hybridized carbons (Fsp3) is 0.611. The van der Waals surface area contributed by atoms with Gasteiger partial charge in [-0.1, -0.05) is 0 Å². The molecule has 3 rings (SSSR count). The van der Waals surface area contributed by atoms with Crippen LogP contribution in [-0.2, 0) is 11.3 Å². The van der Waals surface area contributed by atoms with Crippen molar-refractivity contribution < 1.29 is 13.9 Å². The first-order valence-corrected chi connectivity index (χ1v) is 8.65. The van der Waals surface area contributed by atoms with E-state index >= 15 is 0 Å². The lowest BCUT2D eigenvalue weighted by Gasteiger charge is -2.25. The van der Waals surface area contributed by atoms with E-state index in [1.54, 1.807) is 11.2 Å². The fourth-order valence-electron chi connectivity index (χ4n) is 3.15. The highest BCUT2D eigenvalue weighted by atomic mass is 16.5. The van der Waals surface area contributed by atoms with E-state index in [0.717, 1.165) is 37.1 Å². The third-order valence-corrected chi connectivity index (χ3v) is 4.63. The van der Waals surface area contributed by atoms with Crippen molar-refractivity contribution in [3.63, 3.8) is 0 Å². The van der Waals surface area contributed by atoms with Gasteiger partial charge < -0.3 is 23.5 Å². The molecule has 0 N–H and O–H groups in total. The van der Waals surface area contributed by atoms with Gasteiger partial charge in [0.25, 0.3) is 5.91 Å². The van der Waals surface area contributed by atoms with Crippen molar-refractivity contribution in [1.29, 1.82) is 0 Å². The molecular formula is C18H27N3O3. The second-order valence-corrected chi connectivity index (χ2v) is 6.83. The molecule has 0 aromatic carbocycles. The summed E-state index contributed by atoms with van der Waals surface area (Å²) in [6, 6.07) is 3.78. The van der Waals surface area contributed by atoms with Crippen molar-refractivity contribution in [3.8, 4) is 0 Å². The van der Waals surface area contributed by atoms with Crippen LogP contribution in [0.25, 0.3) is 11.1 Å². The summed E-state index contributed by atoms with van der Waals surface area (Å²) in [5, 5.41) is 0. The highest BCUT2D eigenvalue weighted by Gasteiger charge is 2.23. The summed E-state index contributed by atoms with van der Waals surface area (Å²) in [4.78, 5) is 16.7. The first-order valence-electron chi connectivity index (χ1n) is 8.65. The average Bonchev–Trinajstić information content (AvgIpc) is 3.15. The molecule has 0 saturated carbocycles. The van der Waals surface area contributed by atoms with Gasteiger partial charge in [0.05, 0.1) is 17.9 Å². The third kappa shape index (κ3) is 3.65. The van der Waals surface area contributed by atoms with Gasteiger partial charge in [0.2, 0.25) is 0 Å². The number of amides is 1. The Morgan fingerprint density at radius 2 is 2.12 bits per heavy atom. The second kappa shape index (κ2) is 7.40. The summed E-state index contributed by atoms with van der Waals surface area (Å²) in [6.45, 7) is 3.04. The molecule has 0 bridgehead atoms. The standard InChI is InChI=1S/C18H27N3O3/c1-19(2)8-9-20(3)18(22)16-12-17-15(7-11-24-17)21(16)13-14-6-4-5-10-23-14/h7,11-12,14H,4-6,8-10,13H2,1-3H3. The average molecular weight is 333 g/mol. The number of nitrogens with zero attached hydrogens (tertiary/aromatic N) is 3. The molecule has 1 unspecified atom stereocenters. The van der Waals surface area contributed by atoms with Crippen LogP contribution in [0.4, 0.5) is 0 Å². The zero-order chi connectivity index (χ0) is 17.1. The molecule has 0 aliphatic carbocycles. The first kappa shape index (κ1) is 17.0. The van der Waals surface area contributed by atoms with Gasteiger partial charge in [-0.25, -0.2) is 0 Å². The molecule has 1 amide bonds. The van der Waals surface area contributed by atoms with Crippen molar-refractivity contribution in [2.24, 2.45) is 0 Å². The Morgan fingerprint density at radius 1 is 1.29 bits per heavy atom. The molecule has 24 heavy (non-hydrogen) atoms. The van der Waals surface area contributed by atoms with Crippen LogP contribution < -0.4 is 0 Å². The lowest BCUT2D eigenvalue weighted by molar-refractivity contribution is 0.00623. The molecule has 1 atom stereocenters. The highest BCUT2D eigenvalue weighted by Crippen LogP contribution is 2.24. The predicted molar refractivity (Wildman–Crippen MR) is 93.3 cm³/mol. The number of carbonyl (C=O) groups is 1. The summed E-state index contributed by atoms with van der Waals surface area (Å²) in [6.07, 6.45) is 5.20. The van der Waals surface area contributed by atoms with Crippen molar-refractivity contribution >= 4 is 17.0 Å². The minimum Gasteiger partial charge on any atom is -0.463 e. The van der Waals surface area contributed by atoms with E-state index in [1.807, 2.05) is 33.3 Å². The number of aromatic nitrogens is 1. The summed E-state index contributed by atoms with van der Waals surface area (Å²) in [7, 11) is 5.87. The lowest BCUT2D eigenvalue weighted by atomic mass is 10.1. The number of furan rings is 1. The van der Waals surface area contributed by atoms with Crippen molar-refractivity contribution in [2.45, 2.75) is 31.9 Å². The molecule has 6 nitrogen and oxygen atoms in total. The largest absolute Gasteiger partial charge is 0.463 e. The van der Waals surface area contributed by atoms with Crippen LogP contribution in [0.5, 0.6) is 0 Å². The zero-order valence-electron chi connectivity index (χ0n) is 14.8. The fourth-order valence-corrected chi connectivity index (χ4v) is 3.15. The topological polar surface area (TPSA) is 50.8 Å².